The van der Waals surface area contributed by atoms with Gasteiger partial charge in [-0.05, 0) is 39.0 Å². The molecule has 3 rings (SSSR count). The van der Waals surface area contributed by atoms with Crippen molar-refractivity contribution < 1.29 is 0 Å². The molecule has 2 saturated carbocycles. The van der Waals surface area contributed by atoms with Gasteiger partial charge in [0.25, 0.3) is 0 Å². The molecule has 0 aromatic carbocycles. The summed E-state index contributed by atoms with van der Waals surface area (Å²) in [6.45, 7) is 5.40. The van der Waals surface area contributed by atoms with Crippen LogP contribution < -0.4 is 16.2 Å². The predicted molar refractivity (Wildman–Crippen MR) is 81.8 cm³/mol. The highest BCUT2D eigenvalue weighted by Gasteiger charge is 2.33. The molecule has 110 valence electrons. The van der Waals surface area contributed by atoms with E-state index in [1.165, 1.54) is 38.5 Å². The predicted octanol–water partition coefficient (Wildman–Crippen LogP) is 2.72. The van der Waals surface area contributed by atoms with Gasteiger partial charge in [-0.15, -0.1) is 0 Å². The van der Waals surface area contributed by atoms with Crippen LogP contribution in [0.4, 0.5) is 11.6 Å². The van der Waals surface area contributed by atoms with Crippen LogP contribution in [0.2, 0.25) is 0 Å². The maximum Gasteiger partial charge on any atom is 0.148 e. The van der Waals surface area contributed by atoms with Crippen molar-refractivity contribution in [3.63, 3.8) is 0 Å². The maximum absolute atomic E-state index is 5.64. The summed E-state index contributed by atoms with van der Waals surface area (Å²) < 4.78 is 0. The number of nitrogen functional groups attached to an aromatic ring is 1. The van der Waals surface area contributed by atoms with Crippen molar-refractivity contribution in [1.82, 2.24) is 9.97 Å². The van der Waals surface area contributed by atoms with E-state index in [4.69, 9.17) is 10.8 Å². The Kier molecular flexibility index (Phi) is 3.78. The largest absolute Gasteiger partial charge is 0.353 e. The molecule has 1 aromatic heterocycles. The average molecular weight is 275 g/mol. The standard InChI is InChI=1S/C15H25N5/c1-3-4-9-20(12-7-8-12)15-10(2)13(19-16)17-14(18-15)11-5-6-11/h11-12H,3-9,16H2,1-2H3,(H,17,18,19). The van der Waals surface area contributed by atoms with E-state index in [1.807, 2.05) is 0 Å². The van der Waals surface area contributed by atoms with E-state index in [0.29, 0.717) is 12.0 Å². The Morgan fingerprint density at radius 2 is 2.00 bits per heavy atom. The molecule has 0 spiro atoms. The first-order valence-electron chi connectivity index (χ1n) is 7.86. The summed E-state index contributed by atoms with van der Waals surface area (Å²) in [6, 6.07) is 0.674. The first kappa shape index (κ1) is 13.6. The molecule has 0 radical (unpaired) electrons. The SMILES string of the molecule is CCCCN(c1nc(C2CC2)nc(NN)c1C)C1CC1. The molecule has 0 amide bonds. The van der Waals surface area contributed by atoms with Crippen LogP contribution in [-0.4, -0.2) is 22.6 Å². The van der Waals surface area contributed by atoms with E-state index in [1.54, 1.807) is 0 Å². The third-order valence-electron chi connectivity index (χ3n) is 4.23. The summed E-state index contributed by atoms with van der Waals surface area (Å²) in [7, 11) is 0. The van der Waals surface area contributed by atoms with E-state index in [2.05, 4.69) is 29.2 Å². The summed E-state index contributed by atoms with van der Waals surface area (Å²) in [5.41, 5.74) is 3.83. The van der Waals surface area contributed by atoms with E-state index < -0.39 is 0 Å². The minimum atomic E-state index is 0.550. The molecule has 0 saturated heterocycles. The van der Waals surface area contributed by atoms with Crippen molar-refractivity contribution in [1.29, 1.82) is 0 Å². The van der Waals surface area contributed by atoms with Crippen molar-refractivity contribution in [2.75, 3.05) is 16.9 Å². The molecule has 5 nitrogen and oxygen atoms in total. The van der Waals surface area contributed by atoms with Crippen molar-refractivity contribution in [2.45, 2.75) is 64.3 Å². The normalized spacial score (nSPS) is 18.1. The quantitative estimate of drug-likeness (QED) is 0.591. The summed E-state index contributed by atoms with van der Waals surface area (Å²) in [5.74, 6) is 9.06. The molecule has 0 bridgehead atoms. The van der Waals surface area contributed by atoms with Crippen molar-refractivity contribution in [2.24, 2.45) is 5.84 Å². The number of unbranched alkanes of at least 4 members (excludes halogenated alkanes) is 1. The monoisotopic (exact) mass is 275 g/mol. The lowest BCUT2D eigenvalue weighted by Gasteiger charge is -2.26. The van der Waals surface area contributed by atoms with Crippen molar-refractivity contribution in [3.05, 3.63) is 11.4 Å². The second-order valence-electron chi connectivity index (χ2n) is 6.08. The highest BCUT2D eigenvalue weighted by Crippen LogP contribution is 2.41. The van der Waals surface area contributed by atoms with Gasteiger partial charge >= 0.3 is 0 Å². The fraction of sp³-hybridized carbons (Fsp3) is 0.733. The lowest BCUT2D eigenvalue weighted by molar-refractivity contribution is 0.697. The number of hydrogen-bond donors (Lipinski definition) is 2. The molecule has 2 aliphatic carbocycles. The molecule has 2 fully saturated rings. The first-order chi connectivity index (χ1) is 9.74. The number of anilines is 2. The average Bonchev–Trinajstić information content (AvgIpc) is 3.31. The zero-order chi connectivity index (χ0) is 14.1. The molecule has 0 aliphatic heterocycles. The van der Waals surface area contributed by atoms with Gasteiger partial charge < -0.3 is 10.3 Å². The zero-order valence-corrected chi connectivity index (χ0v) is 12.5. The van der Waals surface area contributed by atoms with Crippen LogP contribution in [0, 0.1) is 6.92 Å². The Labute approximate surface area is 120 Å². The van der Waals surface area contributed by atoms with Gasteiger partial charge in [0.05, 0.1) is 0 Å². The number of rotatable bonds is 7. The molecule has 2 aliphatic rings. The number of nitrogens with zero attached hydrogens (tertiary/aromatic N) is 3. The van der Waals surface area contributed by atoms with Crippen molar-refractivity contribution >= 4 is 11.6 Å². The fourth-order valence-electron chi connectivity index (χ4n) is 2.64. The summed E-state index contributed by atoms with van der Waals surface area (Å²) >= 11 is 0. The summed E-state index contributed by atoms with van der Waals surface area (Å²) in [6.07, 6.45) is 7.43. The van der Waals surface area contributed by atoms with E-state index >= 15 is 0 Å². The molecule has 1 heterocycles. The van der Waals surface area contributed by atoms with Crippen LogP contribution in [0.15, 0.2) is 0 Å². The minimum Gasteiger partial charge on any atom is -0.353 e. The van der Waals surface area contributed by atoms with Gasteiger partial charge in [-0.3, -0.25) is 0 Å². The minimum absolute atomic E-state index is 0.550. The Morgan fingerprint density at radius 1 is 1.25 bits per heavy atom. The smallest absolute Gasteiger partial charge is 0.148 e. The van der Waals surface area contributed by atoms with Gasteiger partial charge in [-0.2, -0.15) is 0 Å². The summed E-state index contributed by atoms with van der Waals surface area (Å²) in [4.78, 5) is 11.9. The second-order valence-corrected chi connectivity index (χ2v) is 6.08. The van der Waals surface area contributed by atoms with Gasteiger partial charge in [0, 0.05) is 24.1 Å². The van der Waals surface area contributed by atoms with Gasteiger partial charge in [0.2, 0.25) is 0 Å². The number of hydrazine groups is 1. The number of aromatic nitrogens is 2. The van der Waals surface area contributed by atoms with Crippen LogP contribution in [0.3, 0.4) is 0 Å². The Morgan fingerprint density at radius 3 is 2.55 bits per heavy atom. The third kappa shape index (κ3) is 2.73. The van der Waals surface area contributed by atoms with E-state index in [-0.39, 0.29) is 0 Å². The molecule has 0 unspecified atom stereocenters. The Balaban J connectivity index is 1.93. The van der Waals surface area contributed by atoms with Gasteiger partial charge in [-0.1, -0.05) is 13.3 Å². The first-order valence-corrected chi connectivity index (χ1v) is 7.86. The summed E-state index contributed by atoms with van der Waals surface area (Å²) in [5, 5.41) is 0. The van der Waals surface area contributed by atoms with Gasteiger partial charge in [0.1, 0.15) is 17.5 Å². The topological polar surface area (TPSA) is 67.1 Å². The Bertz CT molecular complexity index is 479. The molecule has 5 heteroatoms. The number of nitrogens with one attached hydrogen (secondary N) is 1. The Hall–Kier alpha value is -1.36. The number of nitrogens with two attached hydrogens (primary N) is 1. The van der Waals surface area contributed by atoms with Crippen LogP contribution in [0.5, 0.6) is 0 Å². The van der Waals surface area contributed by atoms with Gasteiger partial charge in [0.15, 0.2) is 0 Å². The van der Waals surface area contributed by atoms with Crippen LogP contribution in [0.1, 0.15) is 62.8 Å². The number of hydrogen-bond acceptors (Lipinski definition) is 5. The molecular weight excluding hydrogens is 250 g/mol. The zero-order valence-electron chi connectivity index (χ0n) is 12.5. The van der Waals surface area contributed by atoms with Gasteiger partial charge in [-0.25, -0.2) is 15.8 Å². The highest BCUT2D eigenvalue weighted by molar-refractivity contribution is 5.59. The molecule has 0 atom stereocenters. The lowest BCUT2D eigenvalue weighted by Crippen LogP contribution is -2.29. The molecule has 3 N–H and O–H groups in total. The van der Waals surface area contributed by atoms with Crippen LogP contribution in [-0.2, 0) is 0 Å². The maximum atomic E-state index is 5.64. The van der Waals surface area contributed by atoms with E-state index in [9.17, 15) is 0 Å². The van der Waals surface area contributed by atoms with E-state index in [0.717, 1.165) is 29.6 Å². The van der Waals surface area contributed by atoms with Crippen LogP contribution >= 0.6 is 0 Å². The fourth-order valence-corrected chi connectivity index (χ4v) is 2.64. The van der Waals surface area contributed by atoms with Crippen LogP contribution in [0.25, 0.3) is 0 Å². The highest BCUT2D eigenvalue weighted by atomic mass is 15.3. The second kappa shape index (κ2) is 5.56. The van der Waals surface area contributed by atoms with Crippen molar-refractivity contribution in [3.8, 4) is 0 Å². The lowest BCUT2D eigenvalue weighted by atomic mass is 10.2. The third-order valence-corrected chi connectivity index (χ3v) is 4.23. The molecule has 20 heavy (non-hydrogen) atoms. The molecule has 1 aromatic rings. The molecular formula is C15H25N5.